The number of nitrogens with zero attached hydrogens (tertiary/aromatic N) is 2. The lowest BCUT2D eigenvalue weighted by Gasteiger charge is -2.10. The van der Waals surface area contributed by atoms with Crippen molar-refractivity contribution in [3.63, 3.8) is 0 Å². The van der Waals surface area contributed by atoms with Crippen LogP contribution in [0, 0.1) is 30.2 Å². The van der Waals surface area contributed by atoms with Crippen molar-refractivity contribution in [1.29, 1.82) is 0 Å². The molecule has 0 saturated carbocycles. The van der Waals surface area contributed by atoms with Crippen molar-refractivity contribution in [2.45, 2.75) is 6.92 Å². The predicted molar refractivity (Wildman–Crippen MR) is 70.1 cm³/mol. The molecule has 0 radical (unpaired) electrons. The van der Waals surface area contributed by atoms with E-state index in [9.17, 15) is 17.6 Å². The highest BCUT2D eigenvalue weighted by molar-refractivity contribution is 5.81. The molecule has 0 saturated heterocycles. The van der Waals surface area contributed by atoms with Crippen LogP contribution in [0.1, 0.15) is 5.82 Å². The molecule has 3 rings (SSSR count). The van der Waals surface area contributed by atoms with Crippen molar-refractivity contribution < 1.29 is 17.6 Å². The third-order valence-corrected chi connectivity index (χ3v) is 3.16. The van der Waals surface area contributed by atoms with Gasteiger partial charge in [-0.05, 0) is 25.1 Å². The standard InChI is InChI=1S/C14H9F4N3/c1-6-20-10-4-7(19)2-3-11(10)21(6)14-12(17)8(15)5-9(16)13(14)18/h2-5H,19H2,1H3. The molecule has 0 spiro atoms. The van der Waals surface area contributed by atoms with Crippen molar-refractivity contribution in [2.24, 2.45) is 0 Å². The summed E-state index contributed by atoms with van der Waals surface area (Å²) >= 11 is 0. The SMILES string of the molecule is Cc1nc2cc(N)ccc2n1-c1c(F)c(F)cc(F)c1F. The fourth-order valence-electron chi connectivity index (χ4n) is 2.26. The molecule has 1 heterocycles. The number of hydrogen-bond donors (Lipinski definition) is 1. The van der Waals surface area contributed by atoms with Gasteiger partial charge in [-0.2, -0.15) is 0 Å². The minimum Gasteiger partial charge on any atom is -0.399 e. The van der Waals surface area contributed by atoms with E-state index in [1.54, 1.807) is 0 Å². The second-order valence-corrected chi connectivity index (χ2v) is 4.56. The number of halogens is 4. The van der Waals surface area contributed by atoms with Crippen molar-refractivity contribution in [2.75, 3.05) is 5.73 Å². The Morgan fingerprint density at radius 1 is 1.00 bits per heavy atom. The molecule has 0 unspecified atom stereocenters. The number of anilines is 1. The van der Waals surface area contributed by atoms with Crippen LogP contribution in [0.2, 0.25) is 0 Å². The number of hydrogen-bond acceptors (Lipinski definition) is 2. The second-order valence-electron chi connectivity index (χ2n) is 4.56. The molecule has 0 aliphatic carbocycles. The van der Waals surface area contributed by atoms with Gasteiger partial charge >= 0.3 is 0 Å². The number of benzene rings is 2. The maximum atomic E-state index is 13.9. The topological polar surface area (TPSA) is 43.8 Å². The van der Waals surface area contributed by atoms with Gasteiger partial charge < -0.3 is 5.73 Å². The number of aryl methyl sites for hydroxylation is 1. The number of nitrogens with two attached hydrogens (primary N) is 1. The van der Waals surface area contributed by atoms with Gasteiger partial charge in [-0.15, -0.1) is 0 Å². The number of nitrogen functional groups attached to an aromatic ring is 1. The van der Waals surface area contributed by atoms with Crippen molar-refractivity contribution in [3.05, 3.63) is 53.4 Å². The van der Waals surface area contributed by atoms with Crippen LogP contribution in [0.5, 0.6) is 0 Å². The fraction of sp³-hybridized carbons (Fsp3) is 0.0714. The molecule has 2 aromatic carbocycles. The first kappa shape index (κ1) is 13.4. The molecule has 108 valence electrons. The Bertz CT molecular complexity index is 844. The maximum Gasteiger partial charge on any atom is 0.186 e. The lowest BCUT2D eigenvalue weighted by molar-refractivity contribution is 0.448. The molecule has 1 aromatic heterocycles. The second kappa shape index (κ2) is 4.47. The van der Waals surface area contributed by atoms with Gasteiger partial charge in [-0.1, -0.05) is 0 Å². The molecule has 0 amide bonds. The highest BCUT2D eigenvalue weighted by Gasteiger charge is 2.23. The van der Waals surface area contributed by atoms with Gasteiger partial charge in [0.1, 0.15) is 11.5 Å². The molecule has 2 N–H and O–H groups in total. The molecule has 3 aromatic rings. The lowest BCUT2D eigenvalue weighted by Crippen LogP contribution is -2.07. The third kappa shape index (κ3) is 1.93. The van der Waals surface area contributed by atoms with Gasteiger partial charge in [0, 0.05) is 11.8 Å². The number of fused-ring (bicyclic) bond motifs is 1. The van der Waals surface area contributed by atoms with E-state index in [1.165, 1.54) is 25.1 Å². The number of rotatable bonds is 1. The highest BCUT2D eigenvalue weighted by atomic mass is 19.2. The minimum absolute atomic E-state index is 0.167. The van der Waals surface area contributed by atoms with Crippen LogP contribution in [-0.2, 0) is 0 Å². The van der Waals surface area contributed by atoms with E-state index in [0.29, 0.717) is 16.7 Å². The normalized spacial score (nSPS) is 11.3. The van der Waals surface area contributed by atoms with Crippen molar-refractivity contribution in [1.82, 2.24) is 9.55 Å². The van der Waals surface area contributed by atoms with Crippen molar-refractivity contribution >= 4 is 16.7 Å². The molecule has 0 fully saturated rings. The summed E-state index contributed by atoms with van der Waals surface area (Å²) in [6, 6.07) is 4.66. The predicted octanol–water partition coefficient (Wildman–Crippen LogP) is 3.47. The molecular formula is C14H9F4N3. The van der Waals surface area contributed by atoms with E-state index in [0.717, 1.165) is 4.57 Å². The van der Waals surface area contributed by atoms with Gasteiger partial charge in [-0.25, -0.2) is 22.5 Å². The molecule has 0 bridgehead atoms. The summed E-state index contributed by atoms with van der Waals surface area (Å²) < 4.78 is 55.6. The van der Waals surface area contributed by atoms with Gasteiger partial charge in [0.05, 0.1) is 11.0 Å². The summed E-state index contributed by atoms with van der Waals surface area (Å²) in [7, 11) is 0. The van der Waals surface area contributed by atoms with Crippen LogP contribution < -0.4 is 5.73 Å². The van der Waals surface area contributed by atoms with E-state index in [2.05, 4.69) is 4.98 Å². The first-order valence-electron chi connectivity index (χ1n) is 5.98. The molecule has 0 aliphatic heterocycles. The zero-order chi connectivity index (χ0) is 15.3. The number of aromatic nitrogens is 2. The Hall–Kier alpha value is -2.57. The summed E-state index contributed by atoms with van der Waals surface area (Å²) in [5.41, 5.74) is 5.86. The highest BCUT2D eigenvalue weighted by Crippen LogP contribution is 2.29. The molecule has 0 aliphatic rings. The Morgan fingerprint density at radius 3 is 2.24 bits per heavy atom. The summed E-state index contributed by atoms with van der Waals surface area (Å²) in [5, 5.41) is 0. The van der Waals surface area contributed by atoms with Crippen LogP contribution in [0.25, 0.3) is 16.7 Å². The number of imidazole rings is 1. The fourth-order valence-corrected chi connectivity index (χ4v) is 2.26. The monoisotopic (exact) mass is 295 g/mol. The van der Waals surface area contributed by atoms with E-state index in [-0.39, 0.29) is 11.9 Å². The van der Waals surface area contributed by atoms with Crippen LogP contribution in [-0.4, -0.2) is 9.55 Å². The summed E-state index contributed by atoms with van der Waals surface area (Å²) in [4.78, 5) is 4.10. The molecule has 0 atom stereocenters. The maximum absolute atomic E-state index is 13.9. The first-order chi connectivity index (χ1) is 9.90. The van der Waals surface area contributed by atoms with Gasteiger partial charge in [0.15, 0.2) is 23.3 Å². The zero-order valence-electron chi connectivity index (χ0n) is 10.8. The van der Waals surface area contributed by atoms with E-state index >= 15 is 0 Å². The van der Waals surface area contributed by atoms with Crippen LogP contribution >= 0.6 is 0 Å². The van der Waals surface area contributed by atoms with E-state index in [4.69, 9.17) is 5.73 Å². The molecular weight excluding hydrogens is 286 g/mol. The quantitative estimate of drug-likeness (QED) is 0.424. The zero-order valence-corrected chi connectivity index (χ0v) is 10.8. The smallest absolute Gasteiger partial charge is 0.186 e. The molecule has 21 heavy (non-hydrogen) atoms. The van der Waals surface area contributed by atoms with Gasteiger partial charge in [0.2, 0.25) is 0 Å². The van der Waals surface area contributed by atoms with Crippen molar-refractivity contribution in [3.8, 4) is 5.69 Å². The van der Waals surface area contributed by atoms with Crippen LogP contribution in [0.15, 0.2) is 24.3 Å². The Kier molecular flexibility index (Phi) is 2.86. The molecule has 3 nitrogen and oxygen atoms in total. The minimum atomic E-state index is -1.48. The third-order valence-electron chi connectivity index (χ3n) is 3.16. The average molecular weight is 295 g/mol. The summed E-state index contributed by atoms with van der Waals surface area (Å²) in [6.45, 7) is 1.47. The van der Waals surface area contributed by atoms with E-state index in [1.807, 2.05) is 0 Å². The van der Waals surface area contributed by atoms with E-state index < -0.39 is 29.0 Å². The first-order valence-corrected chi connectivity index (χ1v) is 5.98. The van der Waals surface area contributed by atoms with Gasteiger partial charge in [0.25, 0.3) is 0 Å². The van der Waals surface area contributed by atoms with Crippen LogP contribution in [0.3, 0.4) is 0 Å². The Morgan fingerprint density at radius 2 is 1.62 bits per heavy atom. The molecule has 7 heteroatoms. The summed E-state index contributed by atoms with van der Waals surface area (Å²) in [6.07, 6.45) is 0. The average Bonchev–Trinajstić information content (AvgIpc) is 2.73. The summed E-state index contributed by atoms with van der Waals surface area (Å²) in [5.74, 6) is -5.72. The Balaban J connectivity index is 2.44. The van der Waals surface area contributed by atoms with Gasteiger partial charge in [-0.3, -0.25) is 4.57 Å². The lowest BCUT2D eigenvalue weighted by atomic mass is 10.2. The Labute approximate surface area is 116 Å². The van der Waals surface area contributed by atoms with Crippen LogP contribution in [0.4, 0.5) is 23.2 Å². The largest absolute Gasteiger partial charge is 0.399 e.